The molecule has 0 heterocycles. The van der Waals surface area contributed by atoms with Crippen molar-refractivity contribution in [1.29, 1.82) is 0 Å². The van der Waals surface area contributed by atoms with Gasteiger partial charge in [0.2, 0.25) is 0 Å². The van der Waals surface area contributed by atoms with Crippen LogP contribution >= 0.6 is 0 Å². The van der Waals surface area contributed by atoms with E-state index in [0.717, 1.165) is 0 Å². The molecule has 0 saturated heterocycles. The van der Waals surface area contributed by atoms with Crippen molar-refractivity contribution in [3.05, 3.63) is 0 Å². The molecule has 0 aromatic rings. The first-order chi connectivity index (χ1) is 0. The van der Waals surface area contributed by atoms with Crippen LogP contribution < -0.4 is 0 Å². The normalized spacial score (nSPS) is 0. The first-order valence-electron chi connectivity index (χ1n) is 0. The molecule has 1 radical (unpaired) electrons. The molecule has 0 spiro atoms. The van der Waals surface area contributed by atoms with E-state index in [0.29, 0.717) is 0 Å². The monoisotopic (exact) mass is 303 g/mol. The van der Waals surface area contributed by atoms with Crippen molar-refractivity contribution in [2.24, 2.45) is 0 Å². The average molecular weight is 301 g/mol. The van der Waals surface area contributed by atoms with E-state index in [-0.39, 0.29) is 85.3 Å². The van der Waals surface area contributed by atoms with Gasteiger partial charge >= 0.3 is 68.9 Å². The minimum atomic E-state index is 0. The molecule has 3 nitrogen and oxygen atoms in total. The number of hydrogen-bond donors (Lipinski definition) is 0. The maximum Gasteiger partial charge on any atom is 3.00 e. The zero-order chi connectivity index (χ0) is 0. The van der Waals surface area contributed by atoms with Crippen LogP contribution in [-0.2, 0) is 35.9 Å². The largest absolute Gasteiger partial charge is 3.00 e. The quantitative estimate of drug-likeness (QED) is 0.547. The molecule has 0 unspecified atom stereocenters. The summed E-state index contributed by atoms with van der Waals surface area (Å²) in [5, 5.41) is 0. The first-order valence-corrected chi connectivity index (χ1v) is 0. The molecule has 5 heavy (non-hydrogen) atoms. The Morgan fingerprint density at radius 2 is 0.600 bits per heavy atom. The zero-order valence-electron chi connectivity index (χ0n) is 1.96. The van der Waals surface area contributed by atoms with Crippen LogP contribution in [0.3, 0.4) is 0 Å². The Bertz CT molecular complexity index is 6.85. The second-order valence-electron chi connectivity index (χ2n) is 0. The third-order valence-electron chi connectivity index (χ3n) is 0. The van der Waals surface area contributed by atoms with Crippen LogP contribution in [-0.4, -0.2) is 0 Å². The summed E-state index contributed by atoms with van der Waals surface area (Å²) in [6, 6.07) is 0. The summed E-state index contributed by atoms with van der Waals surface area (Å²) in [7, 11) is 0. The predicted molar refractivity (Wildman–Crippen MR) is 2.06 cm³/mol. The van der Waals surface area contributed by atoms with Gasteiger partial charge in [0.1, 0.15) is 0 Å². The van der Waals surface area contributed by atoms with E-state index in [1.165, 1.54) is 0 Å². The molecule has 0 saturated carbocycles. The van der Waals surface area contributed by atoms with Crippen LogP contribution in [0.1, 0.15) is 0 Å². The fourth-order valence-corrected chi connectivity index (χ4v) is 0. The zero-order valence-corrected chi connectivity index (χ0v) is 6.12. The molecule has 0 atom stereocenters. The van der Waals surface area contributed by atoms with Gasteiger partial charge in [0.15, 0.2) is 0 Å². The maximum absolute atomic E-state index is 0. The Labute approximate surface area is 83.7 Å². The van der Waals surface area contributed by atoms with Gasteiger partial charge in [0, 0.05) is 0 Å². The maximum atomic E-state index is 0. The summed E-state index contributed by atoms with van der Waals surface area (Å²) in [6.45, 7) is 0. The fraction of sp³-hybridized carbons (Fsp3) is 0. The van der Waals surface area contributed by atoms with E-state index in [9.17, 15) is 0 Å². The molecule has 0 aromatic carbocycles. The molecule has 0 N–H and O–H groups in total. The van der Waals surface area contributed by atoms with E-state index in [2.05, 4.69) is 0 Å². The molecule has 0 rings (SSSR count). The van der Waals surface area contributed by atoms with E-state index in [1.807, 2.05) is 0 Å². The Morgan fingerprint density at radius 1 is 0.600 bits per heavy atom. The fourth-order valence-electron chi connectivity index (χ4n) is 0. The van der Waals surface area contributed by atoms with Gasteiger partial charge in [-0.1, -0.05) is 0 Å². The van der Waals surface area contributed by atoms with Gasteiger partial charge in [-0.15, -0.1) is 0 Å². The van der Waals surface area contributed by atoms with Crippen molar-refractivity contribution in [1.82, 2.24) is 0 Å². The van der Waals surface area contributed by atoms with Crippen LogP contribution in [0.25, 0.3) is 0 Å². The standard InChI is InChI=1S/Eu.3O.Ru/q+3;3*-2;+3. The molecular formula is EuO3Ru. The minimum absolute atomic E-state index is 0. The topological polar surface area (TPSA) is 85.5 Å². The van der Waals surface area contributed by atoms with Gasteiger partial charge in [0.25, 0.3) is 0 Å². The molecule has 0 aliphatic carbocycles. The molecule has 0 fully saturated rings. The van der Waals surface area contributed by atoms with Gasteiger partial charge in [-0.25, -0.2) is 0 Å². The van der Waals surface area contributed by atoms with Crippen LogP contribution in [0, 0.1) is 49.4 Å². The molecule has 0 amide bonds. The van der Waals surface area contributed by atoms with Gasteiger partial charge in [-0.05, 0) is 0 Å². The van der Waals surface area contributed by atoms with Gasteiger partial charge in [0.05, 0.1) is 0 Å². The Hall–Kier alpha value is 2.09. The first kappa shape index (κ1) is 60.3. The SMILES string of the molecule is [Eu+3].[O-2].[O-2].[O-2].[Ru+3]. The Balaban J connectivity index is 0. The van der Waals surface area contributed by atoms with Crippen molar-refractivity contribution in [3.63, 3.8) is 0 Å². The minimum Gasteiger partial charge on any atom is -2.00 e. The van der Waals surface area contributed by atoms with Crippen LogP contribution in [0.5, 0.6) is 0 Å². The molecule has 0 aliphatic rings. The van der Waals surface area contributed by atoms with Crippen molar-refractivity contribution in [3.8, 4) is 0 Å². The van der Waals surface area contributed by atoms with Crippen LogP contribution in [0.15, 0.2) is 0 Å². The molecule has 33 valence electrons. The molecule has 0 aromatic heterocycles. The van der Waals surface area contributed by atoms with Gasteiger partial charge < -0.3 is 16.4 Å². The summed E-state index contributed by atoms with van der Waals surface area (Å²) >= 11 is 0. The van der Waals surface area contributed by atoms with E-state index < -0.39 is 0 Å². The van der Waals surface area contributed by atoms with E-state index in [4.69, 9.17) is 0 Å². The van der Waals surface area contributed by atoms with Gasteiger partial charge in [-0.3, -0.25) is 0 Å². The predicted octanol–water partition coefficient (Wildman–Crippen LogP) is -0.359. The number of rotatable bonds is 0. The third-order valence-corrected chi connectivity index (χ3v) is 0. The second-order valence-corrected chi connectivity index (χ2v) is 0. The van der Waals surface area contributed by atoms with Gasteiger partial charge in [-0.2, -0.15) is 0 Å². The molecular weight excluding hydrogens is 301 g/mol. The van der Waals surface area contributed by atoms with Crippen molar-refractivity contribution >= 4 is 0 Å². The smallest absolute Gasteiger partial charge is 2.00 e. The number of hydrogen-bond acceptors (Lipinski definition) is 0. The van der Waals surface area contributed by atoms with E-state index in [1.54, 1.807) is 0 Å². The second kappa shape index (κ2) is 36.2. The summed E-state index contributed by atoms with van der Waals surface area (Å²) in [5.41, 5.74) is 0. The molecule has 0 aliphatic heterocycles. The Kier molecular flexibility index (Phi) is 436. The summed E-state index contributed by atoms with van der Waals surface area (Å²) in [4.78, 5) is 0. The third kappa shape index (κ3) is 23.3. The van der Waals surface area contributed by atoms with Crippen molar-refractivity contribution in [2.75, 3.05) is 0 Å². The summed E-state index contributed by atoms with van der Waals surface area (Å²) in [6.07, 6.45) is 0. The summed E-state index contributed by atoms with van der Waals surface area (Å²) in [5.74, 6) is 0. The van der Waals surface area contributed by atoms with Crippen molar-refractivity contribution < 1.29 is 85.3 Å². The summed E-state index contributed by atoms with van der Waals surface area (Å²) < 4.78 is 0. The van der Waals surface area contributed by atoms with Crippen molar-refractivity contribution in [2.45, 2.75) is 0 Å². The molecule has 5 heteroatoms. The molecule has 0 bridgehead atoms. The van der Waals surface area contributed by atoms with Crippen LogP contribution in [0.2, 0.25) is 0 Å². The Morgan fingerprint density at radius 3 is 0.600 bits per heavy atom. The van der Waals surface area contributed by atoms with E-state index >= 15 is 0 Å². The van der Waals surface area contributed by atoms with Crippen LogP contribution in [0.4, 0.5) is 0 Å². The average Bonchev–Trinajstić information content (AvgIpc) is 0.